The van der Waals surface area contributed by atoms with Crippen molar-refractivity contribution in [2.45, 2.75) is 20.0 Å². The lowest BCUT2D eigenvalue weighted by molar-refractivity contribution is -0.152. The maximum absolute atomic E-state index is 13.8. The van der Waals surface area contributed by atoms with E-state index in [1.54, 1.807) is 30.3 Å². The molecular formula is C20H20BrFN2O5. The Labute approximate surface area is 175 Å². The van der Waals surface area contributed by atoms with E-state index in [1.165, 1.54) is 19.1 Å². The molecule has 7 nitrogen and oxygen atoms in total. The Morgan fingerprint density at radius 1 is 1.14 bits per heavy atom. The number of carbonyl (C=O) groups excluding carboxylic acids is 3. The van der Waals surface area contributed by atoms with E-state index in [-0.39, 0.29) is 5.69 Å². The number of hydrogen-bond donors (Lipinski definition) is 2. The van der Waals surface area contributed by atoms with Crippen LogP contribution in [0.5, 0.6) is 5.75 Å². The average molecular weight is 467 g/mol. The lowest BCUT2D eigenvalue weighted by Gasteiger charge is -2.14. The summed E-state index contributed by atoms with van der Waals surface area (Å²) < 4.78 is 24.6. The zero-order chi connectivity index (χ0) is 21.4. The predicted octanol–water partition coefficient (Wildman–Crippen LogP) is 3.29. The van der Waals surface area contributed by atoms with Crippen molar-refractivity contribution in [3.05, 3.63) is 58.3 Å². The zero-order valence-electron chi connectivity index (χ0n) is 15.8. The van der Waals surface area contributed by atoms with Gasteiger partial charge in [0, 0.05) is 10.0 Å². The molecule has 0 spiro atoms. The lowest BCUT2D eigenvalue weighted by Crippen LogP contribution is -2.36. The second-order valence-corrected chi connectivity index (χ2v) is 6.80. The lowest BCUT2D eigenvalue weighted by atomic mass is 10.2. The Hall–Kier alpha value is -2.94. The molecule has 0 saturated carbocycles. The summed E-state index contributed by atoms with van der Waals surface area (Å²) in [6.45, 7) is 3.29. The minimum Gasteiger partial charge on any atom is -0.494 e. The summed E-state index contributed by atoms with van der Waals surface area (Å²) in [5.74, 6) is -1.97. The highest BCUT2D eigenvalue weighted by Crippen LogP contribution is 2.19. The fraction of sp³-hybridized carbons (Fsp3) is 0.250. The first-order chi connectivity index (χ1) is 13.8. The Morgan fingerprint density at radius 3 is 2.45 bits per heavy atom. The van der Waals surface area contributed by atoms with E-state index >= 15 is 0 Å². The van der Waals surface area contributed by atoms with E-state index in [0.29, 0.717) is 22.4 Å². The number of esters is 1. The second-order valence-electron chi connectivity index (χ2n) is 5.89. The highest BCUT2D eigenvalue weighted by Gasteiger charge is 2.19. The smallest absolute Gasteiger partial charge is 0.326 e. The van der Waals surface area contributed by atoms with Gasteiger partial charge in [-0.2, -0.15) is 0 Å². The Kier molecular flexibility index (Phi) is 8.14. The summed E-state index contributed by atoms with van der Waals surface area (Å²) in [4.78, 5) is 36.0. The van der Waals surface area contributed by atoms with Crippen LogP contribution >= 0.6 is 15.9 Å². The summed E-state index contributed by atoms with van der Waals surface area (Å²) in [7, 11) is 0. The molecule has 9 heteroatoms. The molecule has 0 heterocycles. The van der Waals surface area contributed by atoms with E-state index in [2.05, 4.69) is 26.6 Å². The van der Waals surface area contributed by atoms with Gasteiger partial charge in [-0.05, 0) is 56.3 Å². The summed E-state index contributed by atoms with van der Waals surface area (Å²) in [5.41, 5.74) is 0.308. The number of nitrogens with one attached hydrogen (secondary N) is 2. The molecule has 0 radical (unpaired) electrons. The molecule has 0 saturated heterocycles. The van der Waals surface area contributed by atoms with E-state index in [1.807, 2.05) is 6.92 Å². The molecule has 0 bridgehead atoms. The van der Waals surface area contributed by atoms with Crippen LogP contribution < -0.4 is 15.4 Å². The van der Waals surface area contributed by atoms with Crippen LogP contribution in [0.2, 0.25) is 0 Å². The molecular weight excluding hydrogens is 447 g/mol. The molecule has 0 aliphatic rings. The second kappa shape index (κ2) is 10.6. The van der Waals surface area contributed by atoms with Crippen molar-refractivity contribution >= 4 is 39.4 Å². The fourth-order valence-corrected chi connectivity index (χ4v) is 2.57. The topological polar surface area (TPSA) is 93.7 Å². The van der Waals surface area contributed by atoms with Crippen LogP contribution in [-0.2, 0) is 14.3 Å². The Morgan fingerprint density at radius 2 is 1.83 bits per heavy atom. The van der Waals surface area contributed by atoms with Gasteiger partial charge in [-0.1, -0.05) is 15.9 Å². The molecule has 29 heavy (non-hydrogen) atoms. The number of halogens is 2. The van der Waals surface area contributed by atoms with Crippen LogP contribution in [0.25, 0.3) is 0 Å². The maximum atomic E-state index is 13.8. The van der Waals surface area contributed by atoms with Gasteiger partial charge in [-0.3, -0.25) is 14.4 Å². The zero-order valence-corrected chi connectivity index (χ0v) is 17.4. The molecule has 0 aromatic heterocycles. The number of amides is 2. The van der Waals surface area contributed by atoms with Gasteiger partial charge in [0.05, 0.1) is 12.3 Å². The minimum atomic E-state index is -1.17. The van der Waals surface area contributed by atoms with Crippen molar-refractivity contribution in [1.82, 2.24) is 5.32 Å². The highest BCUT2D eigenvalue weighted by atomic mass is 79.9. The first-order valence-corrected chi connectivity index (χ1v) is 9.56. The quantitative estimate of drug-likeness (QED) is 0.582. The van der Waals surface area contributed by atoms with Gasteiger partial charge in [-0.25, -0.2) is 4.39 Å². The van der Waals surface area contributed by atoms with Crippen LogP contribution in [0.1, 0.15) is 24.2 Å². The van der Waals surface area contributed by atoms with E-state index in [9.17, 15) is 18.8 Å². The molecule has 0 fully saturated rings. The summed E-state index contributed by atoms with van der Waals surface area (Å²) in [5, 5.41) is 4.75. The molecule has 2 N–H and O–H groups in total. The number of hydrogen-bond acceptors (Lipinski definition) is 5. The average Bonchev–Trinajstić information content (AvgIpc) is 2.69. The van der Waals surface area contributed by atoms with Crippen molar-refractivity contribution in [2.24, 2.45) is 0 Å². The number of rotatable bonds is 8. The SMILES string of the molecule is CCOc1ccc(C(=O)NCC(=O)OC(C)C(=O)Nc2ccc(Br)cc2F)cc1. The van der Waals surface area contributed by atoms with Crippen LogP contribution in [-0.4, -0.2) is 37.0 Å². The molecule has 1 unspecified atom stereocenters. The normalized spacial score (nSPS) is 11.3. The van der Waals surface area contributed by atoms with Gasteiger partial charge in [0.25, 0.3) is 11.8 Å². The van der Waals surface area contributed by atoms with Crippen molar-refractivity contribution in [3.63, 3.8) is 0 Å². The Balaban J connectivity index is 1.81. The molecule has 0 aliphatic heterocycles. The number of carbonyl (C=O) groups is 3. The summed E-state index contributed by atoms with van der Waals surface area (Å²) in [6.07, 6.45) is -1.17. The van der Waals surface area contributed by atoms with Crippen molar-refractivity contribution in [1.29, 1.82) is 0 Å². The summed E-state index contributed by atoms with van der Waals surface area (Å²) >= 11 is 3.12. The van der Waals surface area contributed by atoms with E-state index in [0.717, 1.165) is 0 Å². The van der Waals surface area contributed by atoms with E-state index in [4.69, 9.17) is 9.47 Å². The van der Waals surface area contributed by atoms with Crippen LogP contribution in [0.15, 0.2) is 46.9 Å². The molecule has 1 atom stereocenters. The van der Waals surface area contributed by atoms with E-state index < -0.39 is 36.2 Å². The number of ether oxygens (including phenoxy) is 2. The minimum absolute atomic E-state index is 0.0371. The van der Waals surface area contributed by atoms with Crippen LogP contribution in [0, 0.1) is 5.82 Å². The highest BCUT2D eigenvalue weighted by molar-refractivity contribution is 9.10. The number of benzene rings is 2. The van der Waals surface area contributed by atoms with Gasteiger partial charge in [0.1, 0.15) is 18.1 Å². The van der Waals surface area contributed by atoms with Gasteiger partial charge < -0.3 is 20.1 Å². The molecule has 2 amide bonds. The van der Waals surface area contributed by atoms with Crippen molar-refractivity contribution < 1.29 is 28.2 Å². The maximum Gasteiger partial charge on any atom is 0.326 e. The molecule has 2 aromatic rings. The number of anilines is 1. The third kappa shape index (κ3) is 6.86. The van der Waals surface area contributed by atoms with Crippen molar-refractivity contribution in [2.75, 3.05) is 18.5 Å². The Bertz CT molecular complexity index is 889. The van der Waals surface area contributed by atoms with Gasteiger partial charge in [-0.15, -0.1) is 0 Å². The molecule has 2 aromatic carbocycles. The predicted molar refractivity (Wildman–Crippen MR) is 108 cm³/mol. The third-order valence-electron chi connectivity index (χ3n) is 3.69. The monoisotopic (exact) mass is 466 g/mol. The van der Waals surface area contributed by atoms with Gasteiger partial charge >= 0.3 is 5.97 Å². The molecule has 0 aliphatic carbocycles. The molecule has 154 valence electrons. The standard InChI is InChI=1S/C20H20BrFN2O5/c1-3-28-15-7-4-13(5-8-15)20(27)23-11-18(25)29-12(2)19(26)24-17-9-6-14(21)10-16(17)22/h4-10,12H,3,11H2,1-2H3,(H,23,27)(H,24,26). The fourth-order valence-electron chi connectivity index (χ4n) is 2.24. The van der Waals surface area contributed by atoms with Crippen LogP contribution in [0.4, 0.5) is 10.1 Å². The first-order valence-electron chi connectivity index (χ1n) is 8.76. The van der Waals surface area contributed by atoms with Gasteiger partial charge in [0.2, 0.25) is 0 Å². The summed E-state index contributed by atoms with van der Waals surface area (Å²) in [6, 6.07) is 10.6. The largest absolute Gasteiger partial charge is 0.494 e. The van der Waals surface area contributed by atoms with Gasteiger partial charge in [0.15, 0.2) is 6.10 Å². The van der Waals surface area contributed by atoms with Crippen LogP contribution in [0.3, 0.4) is 0 Å². The first kappa shape index (κ1) is 22.4. The van der Waals surface area contributed by atoms with Crippen molar-refractivity contribution in [3.8, 4) is 5.75 Å². The molecule has 2 rings (SSSR count). The third-order valence-corrected chi connectivity index (χ3v) is 4.18.